The van der Waals surface area contributed by atoms with Gasteiger partial charge in [0.15, 0.2) is 0 Å². The van der Waals surface area contributed by atoms with Gasteiger partial charge in [0.25, 0.3) is 5.91 Å². The fraction of sp³-hybridized carbons (Fsp3) is 0.462. The molecule has 0 fully saturated rings. The summed E-state index contributed by atoms with van der Waals surface area (Å²) in [6.07, 6.45) is 4.18. The molecule has 3 nitrogen and oxygen atoms in total. The standard InChI is InChI=1S/C13H19NO2S/c1-10-11(6-5-7-12(10)15)13(16)14-8-3-4-9-17-2/h5-7,15H,3-4,8-9H2,1-2H3,(H,14,16). The summed E-state index contributed by atoms with van der Waals surface area (Å²) in [5.74, 6) is 1.18. The van der Waals surface area contributed by atoms with E-state index in [2.05, 4.69) is 11.6 Å². The summed E-state index contributed by atoms with van der Waals surface area (Å²) in [6.45, 7) is 2.44. The maximum atomic E-state index is 11.8. The van der Waals surface area contributed by atoms with Gasteiger partial charge in [0.05, 0.1) is 0 Å². The molecule has 1 amide bonds. The van der Waals surface area contributed by atoms with Crippen LogP contribution in [0.2, 0.25) is 0 Å². The molecule has 0 heterocycles. The fourth-order valence-corrected chi connectivity index (χ4v) is 2.03. The van der Waals surface area contributed by atoms with Crippen molar-refractivity contribution in [3.63, 3.8) is 0 Å². The lowest BCUT2D eigenvalue weighted by molar-refractivity contribution is 0.0952. The first-order chi connectivity index (χ1) is 8.16. The Morgan fingerprint density at radius 1 is 1.41 bits per heavy atom. The number of phenolic OH excluding ortho intramolecular Hbond substituents is 1. The first-order valence-corrected chi connectivity index (χ1v) is 7.12. The van der Waals surface area contributed by atoms with Crippen molar-refractivity contribution in [2.75, 3.05) is 18.6 Å². The van der Waals surface area contributed by atoms with E-state index in [1.165, 1.54) is 0 Å². The van der Waals surface area contributed by atoms with Gasteiger partial charge in [-0.2, -0.15) is 11.8 Å². The Morgan fingerprint density at radius 3 is 2.88 bits per heavy atom. The number of hydrogen-bond donors (Lipinski definition) is 2. The van der Waals surface area contributed by atoms with E-state index < -0.39 is 0 Å². The number of amides is 1. The highest BCUT2D eigenvalue weighted by molar-refractivity contribution is 7.98. The van der Waals surface area contributed by atoms with Crippen molar-refractivity contribution in [3.05, 3.63) is 29.3 Å². The average molecular weight is 253 g/mol. The van der Waals surface area contributed by atoms with Crippen LogP contribution < -0.4 is 5.32 Å². The Bertz CT molecular complexity index is 380. The van der Waals surface area contributed by atoms with Crippen molar-refractivity contribution in [2.24, 2.45) is 0 Å². The van der Waals surface area contributed by atoms with E-state index >= 15 is 0 Å². The maximum Gasteiger partial charge on any atom is 0.251 e. The molecule has 1 aromatic carbocycles. The first kappa shape index (κ1) is 13.9. The van der Waals surface area contributed by atoms with Crippen molar-refractivity contribution in [1.29, 1.82) is 0 Å². The zero-order valence-electron chi connectivity index (χ0n) is 10.3. The molecule has 0 aliphatic rings. The predicted molar refractivity (Wildman–Crippen MR) is 72.8 cm³/mol. The Kier molecular flexibility index (Phi) is 5.91. The molecule has 0 unspecified atom stereocenters. The SMILES string of the molecule is CSCCCCNC(=O)c1cccc(O)c1C. The van der Waals surface area contributed by atoms with Gasteiger partial charge in [0.1, 0.15) is 5.75 Å². The molecule has 94 valence electrons. The molecule has 0 aliphatic heterocycles. The predicted octanol–water partition coefficient (Wildman–Crippen LogP) is 2.57. The van der Waals surface area contributed by atoms with Gasteiger partial charge >= 0.3 is 0 Å². The zero-order chi connectivity index (χ0) is 12.7. The van der Waals surface area contributed by atoms with E-state index in [0.717, 1.165) is 18.6 Å². The number of nitrogens with one attached hydrogen (secondary N) is 1. The summed E-state index contributed by atoms with van der Waals surface area (Å²) in [4.78, 5) is 11.8. The monoisotopic (exact) mass is 253 g/mol. The lowest BCUT2D eigenvalue weighted by atomic mass is 10.1. The molecule has 0 saturated heterocycles. The van der Waals surface area contributed by atoms with Crippen LogP contribution in [-0.4, -0.2) is 29.6 Å². The molecule has 0 saturated carbocycles. The van der Waals surface area contributed by atoms with Crippen LogP contribution in [0.1, 0.15) is 28.8 Å². The van der Waals surface area contributed by atoms with Gasteiger partial charge in [-0.3, -0.25) is 4.79 Å². The zero-order valence-corrected chi connectivity index (χ0v) is 11.1. The van der Waals surface area contributed by atoms with Gasteiger partial charge < -0.3 is 10.4 Å². The third-order valence-electron chi connectivity index (χ3n) is 2.61. The molecule has 0 spiro atoms. The van der Waals surface area contributed by atoms with Crippen LogP contribution in [0.5, 0.6) is 5.75 Å². The molecular weight excluding hydrogens is 234 g/mol. The molecule has 17 heavy (non-hydrogen) atoms. The summed E-state index contributed by atoms with van der Waals surface area (Å²) in [7, 11) is 0. The van der Waals surface area contributed by atoms with Crippen LogP contribution in [0.15, 0.2) is 18.2 Å². The third kappa shape index (κ3) is 4.30. The second-order valence-electron chi connectivity index (χ2n) is 3.91. The summed E-state index contributed by atoms with van der Waals surface area (Å²) in [5, 5.41) is 12.4. The van der Waals surface area contributed by atoms with E-state index in [-0.39, 0.29) is 11.7 Å². The van der Waals surface area contributed by atoms with Crippen molar-refractivity contribution in [1.82, 2.24) is 5.32 Å². The maximum absolute atomic E-state index is 11.8. The third-order valence-corrected chi connectivity index (χ3v) is 3.31. The minimum Gasteiger partial charge on any atom is -0.508 e. The van der Waals surface area contributed by atoms with Crippen molar-refractivity contribution < 1.29 is 9.90 Å². The second kappa shape index (κ2) is 7.22. The molecule has 0 aliphatic carbocycles. The van der Waals surface area contributed by atoms with E-state index in [0.29, 0.717) is 17.7 Å². The van der Waals surface area contributed by atoms with Crippen molar-refractivity contribution in [3.8, 4) is 5.75 Å². The second-order valence-corrected chi connectivity index (χ2v) is 4.89. The van der Waals surface area contributed by atoms with Gasteiger partial charge in [0, 0.05) is 17.7 Å². The lowest BCUT2D eigenvalue weighted by Gasteiger charge is -2.08. The first-order valence-electron chi connectivity index (χ1n) is 5.72. The number of hydrogen-bond acceptors (Lipinski definition) is 3. The number of aromatic hydroxyl groups is 1. The number of benzene rings is 1. The van der Waals surface area contributed by atoms with Crippen LogP contribution in [0.3, 0.4) is 0 Å². The number of rotatable bonds is 6. The normalized spacial score (nSPS) is 10.2. The van der Waals surface area contributed by atoms with Gasteiger partial charge in [-0.15, -0.1) is 0 Å². The molecule has 0 radical (unpaired) electrons. The highest BCUT2D eigenvalue weighted by atomic mass is 32.2. The van der Waals surface area contributed by atoms with E-state index in [9.17, 15) is 9.90 Å². The number of carbonyl (C=O) groups is 1. The van der Waals surface area contributed by atoms with Gasteiger partial charge in [-0.1, -0.05) is 6.07 Å². The molecule has 4 heteroatoms. The van der Waals surface area contributed by atoms with Gasteiger partial charge in [-0.05, 0) is 43.9 Å². The number of phenols is 1. The minimum atomic E-state index is -0.109. The van der Waals surface area contributed by atoms with Crippen LogP contribution >= 0.6 is 11.8 Å². The number of carbonyl (C=O) groups excluding carboxylic acids is 1. The molecule has 2 N–H and O–H groups in total. The molecule has 0 aromatic heterocycles. The lowest BCUT2D eigenvalue weighted by Crippen LogP contribution is -2.25. The van der Waals surface area contributed by atoms with Crippen LogP contribution in [0.4, 0.5) is 0 Å². The number of unbranched alkanes of at least 4 members (excludes halogenated alkanes) is 1. The van der Waals surface area contributed by atoms with Crippen LogP contribution in [0, 0.1) is 6.92 Å². The highest BCUT2D eigenvalue weighted by Crippen LogP contribution is 2.19. The fourth-order valence-electron chi connectivity index (χ4n) is 1.54. The Morgan fingerprint density at radius 2 is 2.18 bits per heavy atom. The Balaban J connectivity index is 2.44. The quantitative estimate of drug-likeness (QED) is 0.766. The summed E-state index contributed by atoms with van der Waals surface area (Å²) in [5.41, 5.74) is 1.18. The summed E-state index contributed by atoms with van der Waals surface area (Å²) in [6, 6.07) is 5.00. The topological polar surface area (TPSA) is 49.3 Å². The molecule has 0 bridgehead atoms. The van der Waals surface area contributed by atoms with Crippen LogP contribution in [0.25, 0.3) is 0 Å². The number of thioether (sulfide) groups is 1. The van der Waals surface area contributed by atoms with Crippen LogP contribution in [-0.2, 0) is 0 Å². The van der Waals surface area contributed by atoms with Gasteiger partial charge in [0.2, 0.25) is 0 Å². The van der Waals surface area contributed by atoms with Crippen molar-refractivity contribution >= 4 is 17.7 Å². The van der Waals surface area contributed by atoms with E-state index in [1.54, 1.807) is 25.1 Å². The van der Waals surface area contributed by atoms with Gasteiger partial charge in [-0.25, -0.2) is 0 Å². The largest absolute Gasteiger partial charge is 0.508 e. The molecule has 1 aromatic rings. The van der Waals surface area contributed by atoms with E-state index in [4.69, 9.17) is 0 Å². The average Bonchev–Trinajstić information content (AvgIpc) is 2.32. The minimum absolute atomic E-state index is 0.109. The van der Waals surface area contributed by atoms with E-state index in [1.807, 2.05) is 11.8 Å². The Labute approximate surface area is 107 Å². The molecule has 0 atom stereocenters. The highest BCUT2D eigenvalue weighted by Gasteiger charge is 2.10. The molecule has 1 rings (SSSR count). The molecular formula is C13H19NO2S. The summed E-state index contributed by atoms with van der Waals surface area (Å²) >= 11 is 1.82. The van der Waals surface area contributed by atoms with Crippen molar-refractivity contribution in [2.45, 2.75) is 19.8 Å². The Hall–Kier alpha value is -1.16. The smallest absolute Gasteiger partial charge is 0.251 e. The summed E-state index contributed by atoms with van der Waals surface area (Å²) < 4.78 is 0.